The largest absolute Gasteiger partial charge is 0.394 e. The monoisotopic (exact) mass is 194 g/mol. The Labute approximate surface area is 78.1 Å². The van der Waals surface area contributed by atoms with E-state index in [1.807, 2.05) is 0 Å². The number of likely N-dealkylation sites (tertiary alicyclic amines) is 1. The fourth-order valence-electron chi connectivity index (χ4n) is 1.47. The van der Waals surface area contributed by atoms with Gasteiger partial charge >= 0.3 is 0 Å². The molecular formula is C7H15ClN2O2. The van der Waals surface area contributed by atoms with Crippen molar-refractivity contribution in [3.8, 4) is 0 Å². The van der Waals surface area contributed by atoms with Crippen molar-refractivity contribution in [3.63, 3.8) is 0 Å². The Balaban J connectivity index is 0.00000121. The second kappa shape index (κ2) is 5.35. The maximum atomic E-state index is 11.1. The first-order valence-corrected chi connectivity index (χ1v) is 3.90. The van der Waals surface area contributed by atoms with Crippen LogP contribution in [0.1, 0.15) is 12.8 Å². The van der Waals surface area contributed by atoms with Gasteiger partial charge in [0.05, 0.1) is 19.2 Å². The van der Waals surface area contributed by atoms with Gasteiger partial charge in [0, 0.05) is 6.54 Å². The first-order valence-electron chi connectivity index (χ1n) is 3.90. The highest BCUT2D eigenvalue weighted by molar-refractivity contribution is 5.85. The van der Waals surface area contributed by atoms with Crippen molar-refractivity contribution in [2.45, 2.75) is 18.9 Å². The third kappa shape index (κ3) is 2.33. The summed E-state index contributed by atoms with van der Waals surface area (Å²) in [5.41, 5.74) is 5.20. The van der Waals surface area contributed by atoms with E-state index in [0.717, 1.165) is 19.4 Å². The third-order valence-corrected chi connectivity index (χ3v) is 2.08. The second-order valence-electron chi connectivity index (χ2n) is 2.77. The second-order valence-corrected chi connectivity index (χ2v) is 2.77. The summed E-state index contributed by atoms with van der Waals surface area (Å²) in [5, 5.41) is 8.85. The molecule has 1 saturated heterocycles. The summed E-state index contributed by atoms with van der Waals surface area (Å²) in [5.74, 6) is -0.0541. The molecule has 1 atom stereocenters. The molecule has 1 heterocycles. The van der Waals surface area contributed by atoms with E-state index in [1.54, 1.807) is 4.90 Å². The average Bonchev–Trinajstić information content (AvgIpc) is 2.50. The summed E-state index contributed by atoms with van der Waals surface area (Å²) in [6, 6.07) is 0.0195. The molecule has 0 saturated carbocycles. The fourth-order valence-corrected chi connectivity index (χ4v) is 1.47. The van der Waals surface area contributed by atoms with Crippen molar-refractivity contribution in [1.82, 2.24) is 4.90 Å². The van der Waals surface area contributed by atoms with Crippen LogP contribution < -0.4 is 5.73 Å². The zero-order chi connectivity index (χ0) is 8.27. The van der Waals surface area contributed by atoms with Crippen LogP contribution in [-0.2, 0) is 4.79 Å². The summed E-state index contributed by atoms with van der Waals surface area (Å²) < 4.78 is 0. The lowest BCUT2D eigenvalue weighted by molar-refractivity contribution is -0.131. The quantitative estimate of drug-likeness (QED) is 0.614. The molecule has 0 aromatic heterocycles. The normalized spacial score (nSPS) is 22.2. The number of carbonyl (C=O) groups is 1. The van der Waals surface area contributed by atoms with Gasteiger partial charge in [-0.3, -0.25) is 4.79 Å². The van der Waals surface area contributed by atoms with Crippen molar-refractivity contribution < 1.29 is 9.90 Å². The molecule has 72 valence electrons. The standard InChI is InChI=1S/C7H14N2O2.ClH/c8-4-7(11)9-3-1-2-6(9)5-10;/h6,10H,1-5,8H2;1H. The SMILES string of the molecule is Cl.NCC(=O)N1CCCC1CO. The summed E-state index contributed by atoms with van der Waals surface area (Å²) in [6.45, 7) is 0.865. The molecular weight excluding hydrogens is 180 g/mol. The van der Waals surface area contributed by atoms with Crippen molar-refractivity contribution in [2.24, 2.45) is 5.73 Å². The van der Waals surface area contributed by atoms with Gasteiger partial charge in [-0.05, 0) is 12.8 Å². The van der Waals surface area contributed by atoms with Gasteiger partial charge in [0.2, 0.25) is 5.91 Å². The molecule has 0 spiro atoms. The third-order valence-electron chi connectivity index (χ3n) is 2.08. The molecule has 0 aromatic carbocycles. The molecule has 1 rings (SSSR count). The highest BCUT2D eigenvalue weighted by atomic mass is 35.5. The number of halogens is 1. The number of aliphatic hydroxyl groups is 1. The summed E-state index contributed by atoms with van der Waals surface area (Å²) >= 11 is 0. The molecule has 12 heavy (non-hydrogen) atoms. The van der Waals surface area contributed by atoms with Gasteiger partial charge in [0.1, 0.15) is 0 Å². The molecule has 1 aliphatic heterocycles. The maximum Gasteiger partial charge on any atom is 0.236 e. The number of carbonyl (C=O) groups excluding carboxylic acids is 1. The lowest BCUT2D eigenvalue weighted by Gasteiger charge is -2.21. The van der Waals surface area contributed by atoms with E-state index in [1.165, 1.54) is 0 Å². The predicted octanol–water partition coefficient (Wildman–Crippen LogP) is -0.650. The van der Waals surface area contributed by atoms with Gasteiger partial charge in [-0.25, -0.2) is 0 Å². The van der Waals surface area contributed by atoms with Crippen LogP contribution in [0, 0.1) is 0 Å². The topological polar surface area (TPSA) is 66.6 Å². The highest BCUT2D eigenvalue weighted by Crippen LogP contribution is 2.15. The zero-order valence-corrected chi connectivity index (χ0v) is 7.72. The highest BCUT2D eigenvalue weighted by Gasteiger charge is 2.26. The van der Waals surface area contributed by atoms with Gasteiger partial charge in [-0.15, -0.1) is 12.4 Å². The fraction of sp³-hybridized carbons (Fsp3) is 0.857. The first kappa shape index (κ1) is 11.7. The Morgan fingerprint density at radius 1 is 1.67 bits per heavy atom. The van der Waals surface area contributed by atoms with E-state index in [9.17, 15) is 4.79 Å². The van der Waals surface area contributed by atoms with Gasteiger partial charge < -0.3 is 15.7 Å². The summed E-state index contributed by atoms with van der Waals surface area (Å²) in [7, 11) is 0. The van der Waals surface area contributed by atoms with Gasteiger partial charge in [0.25, 0.3) is 0 Å². The van der Waals surface area contributed by atoms with Crippen LogP contribution in [0.2, 0.25) is 0 Å². The van der Waals surface area contributed by atoms with Gasteiger partial charge in [-0.1, -0.05) is 0 Å². The van der Waals surface area contributed by atoms with E-state index in [4.69, 9.17) is 10.8 Å². The summed E-state index contributed by atoms with van der Waals surface area (Å²) in [4.78, 5) is 12.7. The van der Waals surface area contributed by atoms with Crippen LogP contribution in [0.5, 0.6) is 0 Å². The molecule has 0 aliphatic carbocycles. The first-order chi connectivity index (χ1) is 5.29. The number of amides is 1. The smallest absolute Gasteiger partial charge is 0.236 e. The van der Waals surface area contributed by atoms with Gasteiger partial charge in [0.15, 0.2) is 0 Å². The van der Waals surface area contributed by atoms with Gasteiger partial charge in [-0.2, -0.15) is 0 Å². The van der Waals surface area contributed by atoms with Crippen molar-refractivity contribution in [2.75, 3.05) is 19.7 Å². The molecule has 3 N–H and O–H groups in total. The van der Waals surface area contributed by atoms with Crippen LogP contribution in [0.15, 0.2) is 0 Å². The molecule has 1 aliphatic rings. The minimum Gasteiger partial charge on any atom is -0.394 e. The van der Waals surface area contributed by atoms with E-state index in [2.05, 4.69) is 0 Å². The van der Waals surface area contributed by atoms with Crippen molar-refractivity contribution in [3.05, 3.63) is 0 Å². The molecule has 4 nitrogen and oxygen atoms in total. The molecule has 1 fully saturated rings. The number of hydrogen-bond donors (Lipinski definition) is 2. The molecule has 1 amide bonds. The number of aliphatic hydroxyl groups excluding tert-OH is 1. The van der Waals surface area contributed by atoms with Crippen molar-refractivity contribution >= 4 is 18.3 Å². The predicted molar refractivity (Wildman–Crippen MR) is 48.1 cm³/mol. The van der Waals surface area contributed by atoms with Crippen LogP contribution in [0.3, 0.4) is 0 Å². The van der Waals surface area contributed by atoms with E-state index in [-0.39, 0.29) is 37.5 Å². The van der Waals surface area contributed by atoms with Crippen LogP contribution in [-0.4, -0.2) is 41.7 Å². The van der Waals surface area contributed by atoms with Crippen molar-refractivity contribution in [1.29, 1.82) is 0 Å². The Kier molecular flexibility index (Phi) is 5.20. The molecule has 0 radical (unpaired) electrons. The van der Waals surface area contributed by atoms with E-state index in [0.29, 0.717) is 0 Å². The lowest BCUT2D eigenvalue weighted by Crippen LogP contribution is -2.41. The Bertz CT molecular complexity index is 154. The minimum atomic E-state index is -0.0541. The van der Waals surface area contributed by atoms with Crippen LogP contribution >= 0.6 is 12.4 Å². The maximum absolute atomic E-state index is 11.1. The Morgan fingerprint density at radius 2 is 2.33 bits per heavy atom. The molecule has 0 aromatic rings. The molecule has 5 heteroatoms. The number of nitrogens with zero attached hydrogens (tertiary/aromatic N) is 1. The number of nitrogens with two attached hydrogens (primary N) is 1. The Hall–Kier alpha value is -0.320. The molecule has 1 unspecified atom stereocenters. The van der Waals surface area contributed by atoms with E-state index < -0.39 is 0 Å². The minimum absolute atomic E-state index is 0. The lowest BCUT2D eigenvalue weighted by atomic mass is 10.2. The Morgan fingerprint density at radius 3 is 2.83 bits per heavy atom. The number of hydrogen-bond acceptors (Lipinski definition) is 3. The summed E-state index contributed by atoms with van der Waals surface area (Å²) in [6.07, 6.45) is 1.89. The van der Waals surface area contributed by atoms with Crippen LogP contribution in [0.25, 0.3) is 0 Å². The average molecular weight is 195 g/mol. The zero-order valence-electron chi connectivity index (χ0n) is 6.90. The van der Waals surface area contributed by atoms with E-state index >= 15 is 0 Å². The number of rotatable bonds is 2. The van der Waals surface area contributed by atoms with Crippen LogP contribution in [0.4, 0.5) is 0 Å². The molecule has 0 bridgehead atoms.